The Morgan fingerprint density at radius 1 is 0.667 bits per heavy atom. The van der Waals surface area contributed by atoms with Crippen molar-refractivity contribution in [2.75, 3.05) is 39.5 Å². The zero-order chi connectivity index (χ0) is 18.4. The van der Waals surface area contributed by atoms with E-state index in [2.05, 4.69) is 9.80 Å². The van der Waals surface area contributed by atoms with Crippen LogP contribution in [0.25, 0.3) is 0 Å². The van der Waals surface area contributed by atoms with Crippen molar-refractivity contribution in [3.05, 3.63) is 0 Å². The standard InChI is InChI=1S/C21H32N2O4/c24-20(22-7-9-26-12-18(22)14-1-2-14)16-5-6-17(11-16)21(25)23-8-10-27-13-19(23)15-3-4-15/h14-19H,1-13H2/t16-,17+,18?,19?. The van der Waals surface area contributed by atoms with E-state index in [4.69, 9.17) is 9.47 Å². The molecule has 2 saturated heterocycles. The number of amides is 2. The van der Waals surface area contributed by atoms with Crippen LogP contribution in [0.15, 0.2) is 0 Å². The normalized spacial score (nSPS) is 37.5. The second-order valence-corrected chi connectivity index (χ2v) is 9.23. The maximum Gasteiger partial charge on any atom is 0.226 e. The quantitative estimate of drug-likeness (QED) is 0.749. The molecule has 2 amide bonds. The Kier molecular flexibility index (Phi) is 4.88. The van der Waals surface area contributed by atoms with Crippen LogP contribution in [0.5, 0.6) is 0 Å². The van der Waals surface area contributed by atoms with Crippen molar-refractivity contribution < 1.29 is 19.1 Å². The van der Waals surface area contributed by atoms with Crippen LogP contribution < -0.4 is 0 Å². The first-order valence-electron chi connectivity index (χ1n) is 11.0. The van der Waals surface area contributed by atoms with Crippen LogP contribution in [0.3, 0.4) is 0 Å². The van der Waals surface area contributed by atoms with Gasteiger partial charge in [-0.3, -0.25) is 9.59 Å². The summed E-state index contributed by atoms with van der Waals surface area (Å²) in [7, 11) is 0. The van der Waals surface area contributed by atoms with E-state index in [1.165, 1.54) is 25.7 Å². The molecule has 150 valence electrons. The number of hydrogen-bond donors (Lipinski definition) is 0. The third-order valence-electron chi connectivity index (χ3n) is 7.36. The third kappa shape index (κ3) is 3.63. The lowest BCUT2D eigenvalue weighted by atomic mass is 9.99. The highest BCUT2D eigenvalue weighted by atomic mass is 16.5. The molecule has 0 aromatic heterocycles. The Bertz CT molecular complexity index is 539. The molecule has 2 heterocycles. The molecule has 5 rings (SSSR count). The fraction of sp³-hybridized carbons (Fsp3) is 0.905. The van der Waals surface area contributed by atoms with Crippen LogP contribution in [0.1, 0.15) is 44.9 Å². The van der Waals surface area contributed by atoms with Crippen LogP contribution >= 0.6 is 0 Å². The van der Waals surface area contributed by atoms with Crippen molar-refractivity contribution in [2.45, 2.75) is 57.0 Å². The molecule has 3 aliphatic carbocycles. The van der Waals surface area contributed by atoms with Gasteiger partial charge >= 0.3 is 0 Å². The first kappa shape index (κ1) is 17.9. The average molecular weight is 376 g/mol. The number of morpholine rings is 2. The minimum absolute atomic E-state index is 0.0266. The van der Waals surface area contributed by atoms with Gasteiger partial charge < -0.3 is 19.3 Å². The summed E-state index contributed by atoms with van der Waals surface area (Å²) in [4.78, 5) is 30.6. The topological polar surface area (TPSA) is 59.1 Å². The van der Waals surface area contributed by atoms with Crippen molar-refractivity contribution in [1.29, 1.82) is 0 Å². The maximum absolute atomic E-state index is 13.2. The Morgan fingerprint density at radius 3 is 1.52 bits per heavy atom. The summed E-state index contributed by atoms with van der Waals surface area (Å²) in [5.41, 5.74) is 0. The zero-order valence-electron chi connectivity index (χ0n) is 16.2. The number of carbonyl (C=O) groups is 2. The van der Waals surface area contributed by atoms with Crippen molar-refractivity contribution in [2.24, 2.45) is 23.7 Å². The first-order chi connectivity index (χ1) is 13.2. The van der Waals surface area contributed by atoms with Gasteiger partial charge in [-0.15, -0.1) is 0 Å². The van der Waals surface area contributed by atoms with Gasteiger partial charge in [-0.1, -0.05) is 0 Å². The van der Waals surface area contributed by atoms with Crippen LogP contribution in [0, 0.1) is 23.7 Å². The van der Waals surface area contributed by atoms with Crippen LogP contribution in [-0.4, -0.2) is 73.2 Å². The summed E-state index contributed by atoms with van der Waals surface area (Å²) in [5, 5.41) is 0. The van der Waals surface area contributed by atoms with E-state index < -0.39 is 0 Å². The second-order valence-electron chi connectivity index (χ2n) is 9.23. The summed E-state index contributed by atoms with van der Waals surface area (Å²) in [6.45, 7) is 4.15. The van der Waals surface area contributed by atoms with E-state index in [9.17, 15) is 9.59 Å². The number of ether oxygens (including phenoxy) is 2. The minimum Gasteiger partial charge on any atom is -0.377 e. The number of carbonyl (C=O) groups excluding carboxylic acids is 2. The lowest BCUT2D eigenvalue weighted by Gasteiger charge is -2.38. The molecule has 3 saturated carbocycles. The van der Waals surface area contributed by atoms with Gasteiger partial charge in [0.15, 0.2) is 0 Å². The highest BCUT2D eigenvalue weighted by molar-refractivity contribution is 5.84. The Hall–Kier alpha value is -1.14. The fourth-order valence-electron chi connectivity index (χ4n) is 5.44. The molecular formula is C21H32N2O4. The van der Waals surface area contributed by atoms with E-state index in [1.807, 2.05) is 0 Å². The van der Waals surface area contributed by atoms with Crippen molar-refractivity contribution in [3.63, 3.8) is 0 Å². The molecule has 0 aromatic rings. The van der Waals surface area contributed by atoms with Crippen molar-refractivity contribution in [1.82, 2.24) is 9.80 Å². The highest BCUT2D eigenvalue weighted by Crippen LogP contribution is 2.41. The molecular weight excluding hydrogens is 344 g/mol. The molecule has 0 radical (unpaired) electrons. The van der Waals surface area contributed by atoms with E-state index in [1.54, 1.807) is 0 Å². The molecule has 0 bridgehead atoms. The molecule has 0 spiro atoms. The lowest BCUT2D eigenvalue weighted by Crippen LogP contribution is -2.52. The molecule has 5 fully saturated rings. The monoisotopic (exact) mass is 376 g/mol. The van der Waals surface area contributed by atoms with Gasteiger partial charge in [-0.25, -0.2) is 0 Å². The summed E-state index contributed by atoms with van der Waals surface area (Å²) >= 11 is 0. The summed E-state index contributed by atoms with van der Waals surface area (Å²) in [6, 6.07) is 0.555. The second kappa shape index (κ2) is 7.36. The van der Waals surface area contributed by atoms with Crippen molar-refractivity contribution >= 4 is 11.8 Å². The van der Waals surface area contributed by atoms with Gasteiger partial charge in [0.25, 0.3) is 0 Å². The van der Waals surface area contributed by atoms with Gasteiger partial charge in [0.05, 0.1) is 38.5 Å². The Morgan fingerprint density at radius 2 is 1.11 bits per heavy atom. The number of hydrogen-bond acceptors (Lipinski definition) is 4. The van der Waals surface area contributed by atoms with Crippen LogP contribution in [0.4, 0.5) is 0 Å². The SMILES string of the molecule is O=C([C@@H]1CC[C@H](C(=O)N2CCOCC2C2CC2)C1)N1CCOCC1C1CC1. The first-order valence-corrected chi connectivity index (χ1v) is 11.0. The van der Waals surface area contributed by atoms with Crippen LogP contribution in [0.2, 0.25) is 0 Å². The van der Waals surface area contributed by atoms with Gasteiger partial charge in [0.2, 0.25) is 11.8 Å². The van der Waals surface area contributed by atoms with Gasteiger partial charge in [0, 0.05) is 24.9 Å². The molecule has 2 unspecified atom stereocenters. The molecule has 4 atom stereocenters. The van der Waals surface area contributed by atoms with Gasteiger partial charge in [-0.05, 0) is 56.8 Å². The van der Waals surface area contributed by atoms with Crippen molar-refractivity contribution in [3.8, 4) is 0 Å². The predicted octanol–water partition coefficient (Wildman–Crippen LogP) is 1.68. The van der Waals surface area contributed by atoms with E-state index >= 15 is 0 Å². The zero-order valence-corrected chi connectivity index (χ0v) is 16.2. The number of rotatable bonds is 4. The summed E-state index contributed by atoms with van der Waals surface area (Å²) in [6.07, 6.45) is 7.37. The molecule has 6 nitrogen and oxygen atoms in total. The smallest absolute Gasteiger partial charge is 0.226 e. The summed E-state index contributed by atoms with van der Waals surface area (Å²) in [5.74, 6) is 1.90. The van der Waals surface area contributed by atoms with E-state index in [0.717, 1.165) is 32.4 Å². The molecule has 6 heteroatoms. The molecule has 5 aliphatic rings. The summed E-state index contributed by atoms with van der Waals surface area (Å²) < 4.78 is 11.3. The third-order valence-corrected chi connectivity index (χ3v) is 7.36. The lowest BCUT2D eigenvalue weighted by molar-refractivity contribution is -0.146. The molecule has 0 N–H and O–H groups in total. The van der Waals surface area contributed by atoms with E-state index in [0.29, 0.717) is 38.3 Å². The fourth-order valence-corrected chi connectivity index (χ4v) is 5.44. The highest BCUT2D eigenvalue weighted by Gasteiger charge is 2.45. The van der Waals surface area contributed by atoms with Gasteiger partial charge in [-0.2, -0.15) is 0 Å². The maximum atomic E-state index is 13.2. The molecule has 0 aromatic carbocycles. The minimum atomic E-state index is 0.0266. The average Bonchev–Trinajstić information content (AvgIpc) is 3.64. The Balaban J connectivity index is 1.21. The van der Waals surface area contributed by atoms with Gasteiger partial charge in [0.1, 0.15) is 0 Å². The largest absolute Gasteiger partial charge is 0.377 e. The number of nitrogens with zero attached hydrogens (tertiary/aromatic N) is 2. The van der Waals surface area contributed by atoms with E-state index in [-0.39, 0.29) is 35.7 Å². The predicted molar refractivity (Wildman–Crippen MR) is 98.9 cm³/mol. The Labute approximate surface area is 161 Å². The molecule has 27 heavy (non-hydrogen) atoms. The molecule has 2 aliphatic heterocycles. The van der Waals surface area contributed by atoms with Crippen LogP contribution in [-0.2, 0) is 19.1 Å².